The van der Waals surface area contributed by atoms with Crippen LogP contribution in [0.25, 0.3) is 5.69 Å². The van der Waals surface area contributed by atoms with Crippen LogP contribution in [-0.4, -0.2) is 9.13 Å². The minimum absolute atomic E-state index is 0.318. The van der Waals surface area contributed by atoms with E-state index in [1.165, 1.54) is 27.5 Å². The maximum atomic E-state index is 13.5. The molecule has 0 unspecified atom stereocenters. The van der Waals surface area contributed by atoms with E-state index in [0.717, 1.165) is 11.1 Å². The fourth-order valence-electron chi connectivity index (χ4n) is 2.67. The molecule has 3 rings (SSSR count). The first kappa shape index (κ1) is 15.9. The molecule has 0 amide bonds. The minimum Gasteiger partial charge on any atom is -0.305 e. The normalized spacial score (nSPS) is 10.8. The van der Waals surface area contributed by atoms with E-state index in [0.29, 0.717) is 17.8 Å². The van der Waals surface area contributed by atoms with Crippen LogP contribution in [-0.2, 0) is 6.54 Å². The Balaban J connectivity index is 2.05. The minimum atomic E-state index is -0.696. The second-order valence-corrected chi connectivity index (χ2v) is 5.83. The van der Waals surface area contributed by atoms with Crippen LogP contribution in [0.1, 0.15) is 16.7 Å². The van der Waals surface area contributed by atoms with Crippen LogP contribution in [0.2, 0.25) is 0 Å². The maximum absolute atomic E-state index is 13.5. The van der Waals surface area contributed by atoms with Gasteiger partial charge in [-0.2, -0.15) is 0 Å². The molecule has 0 fully saturated rings. The summed E-state index contributed by atoms with van der Waals surface area (Å²) in [5.74, 6) is -0.452. The predicted molar refractivity (Wildman–Crippen MR) is 91.3 cm³/mol. The van der Waals surface area contributed by atoms with Gasteiger partial charge in [0.25, 0.3) is 0 Å². The molecule has 0 aliphatic rings. The van der Waals surface area contributed by atoms with Gasteiger partial charge in [-0.15, -0.1) is 0 Å². The summed E-state index contributed by atoms with van der Waals surface area (Å²) < 4.78 is 16.0. The third-order valence-electron chi connectivity index (χ3n) is 3.92. The summed E-state index contributed by atoms with van der Waals surface area (Å²) in [5.41, 5.74) is 1.79. The SMILES string of the molecule is Cc1cccc(Cn2ccn(-c3cc(F)ccc3C)c(=O)c2=O)c1. The molecule has 0 saturated heterocycles. The topological polar surface area (TPSA) is 44.0 Å². The van der Waals surface area contributed by atoms with Crippen LogP contribution in [0.15, 0.2) is 64.4 Å². The van der Waals surface area contributed by atoms with Gasteiger partial charge in [-0.05, 0) is 37.1 Å². The van der Waals surface area contributed by atoms with Crippen molar-refractivity contribution in [3.05, 3.63) is 98.1 Å². The van der Waals surface area contributed by atoms with Crippen molar-refractivity contribution in [3.63, 3.8) is 0 Å². The van der Waals surface area contributed by atoms with Crippen LogP contribution < -0.4 is 11.1 Å². The monoisotopic (exact) mass is 324 g/mol. The molecule has 2 aromatic carbocycles. The Morgan fingerprint density at radius 1 is 0.958 bits per heavy atom. The predicted octanol–water partition coefficient (Wildman–Crippen LogP) is 2.80. The van der Waals surface area contributed by atoms with Gasteiger partial charge >= 0.3 is 11.1 Å². The van der Waals surface area contributed by atoms with Crippen molar-refractivity contribution < 1.29 is 4.39 Å². The van der Waals surface area contributed by atoms with Gasteiger partial charge < -0.3 is 4.57 Å². The smallest absolute Gasteiger partial charge is 0.305 e. The number of hydrogen-bond donors (Lipinski definition) is 0. The van der Waals surface area contributed by atoms with E-state index < -0.39 is 16.9 Å². The molecular formula is C19H17FN2O2. The Bertz CT molecular complexity index is 1020. The van der Waals surface area contributed by atoms with Gasteiger partial charge in [-0.1, -0.05) is 35.9 Å². The van der Waals surface area contributed by atoms with Gasteiger partial charge in [-0.25, -0.2) is 4.39 Å². The highest BCUT2D eigenvalue weighted by Gasteiger charge is 2.10. The number of halogens is 1. The van der Waals surface area contributed by atoms with E-state index in [-0.39, 0.29) is 0 Å². The van der Waals surface area contributed by atoms with Crippen molar-refractivity contribution in [2.45, 2.75) is 20.4 Å². The molecule has 0 spiro atoms. The highest BCUT2D eigenvalue weighted by Crippen LogP contribution is 2.13. The Morgan fingerprint density at radius 3 is 2.50 bits per heavy atom. The van der Waals surface area contributed by atoms with Crippen LogP contribution in [0.5, 0.6) is 0 Å². The van der Waals surface area contributed by atoms with Gasteiger partial charge in [0, 0.05) is 12.4 Å². The van der Waals surface area contributed by atoms with Gasteiger partial charge in [0.1, 0.15) is 5.82 Å². The molecule has 0 aliphatic heterocycles. The molecule has 0 atom stereocenters. The zero-order valence-electron chi connectivity index (χ0n) is 13.5. The molecule has 1 aromatic heterocycles. The van der Waals surface area contributed by atoms with Crippen molar-refractivity contribution in [1.29, 1.82) is 0 Å². The first-order valence-electron chi connectivity index (χ1n) is 7.60. The molecule has 0 saturated carbocycles. The molecule has 122 valence electrons. The first-order valence-corrected chi connectivity index (χ1v) is 7.60. The molecule has 0 aliphatic carbocycles. The van der Waals surface area contributed by atoms with E-state index in [1.54, 1.807) is 19.2 Å². The number of rotatable bonds is 3. The average Bonchev–Trinajstić information content (AvgIpc) is 2.55. The van der Waals surface area contributed by atoms with Gasteiger partial charge in [0.05, 0.1) is 12.2 Å². The molecule has 0 N–H and O–H groups in total. The molecule has 4 nitrogen and oxygen atoms in total. The van der Waals surface area contributed by atoms with Crippen molar-refractivity contribution in [2.75, 3.05) is 0 Å². The van der Waals surface area contributed by atoms with Crippen molar-refractivity contribution >= 4 is 0 Å². The number of benzene rings is 2. The summed E-state index contributed by atoms with van der Waals surface area (Å²) in [6.07, 6.45) is 3.05. The van der Waals surface area contributed by atoms with E-state index >= 15 is 0 Å². The number of aryl methyl sites for hydroxylation is 2. The lowest BCUT2D eigenvalue weighted by molar-refractivity contribution is 0.625. The summed E-state index contributed by atoms with van der Waals surface area (Å²) in [4.78, 5) is 24.8. The van der Waals surface area contributed by atoms with Gasteiger partial charge in [0.15, 0.2) is 0 Å². The number of aromatic nitrogens is 2. The molecule has 1 heterocycles. The van der Waals surface area contributed by atoms with E-state index in [4.69, 9.17) is 0 Å². The second kappa shape index (κ2) is 6.28. The zero-order chi connectivity index (χ0) is 17.3. The fraction of sp³-hybridized carbons (Fsp3) is 0.158. The van der Waals surface area contributed by atoms with E-state index in [2.05, 4.69) is 0 Å². The average molecular weight is 324 g/mol. The summed E-state index contributed by atoms with van der Waals surface area (Å²) in [5, 5.41) is 0. The van der Waals surface area contributed by atoms with Gasteiger partial charge in [0.2, 0.25) is 0 Å². The van der Waals surface area contributed by atoms with Crippen LogP contribution in [0.4, 0.5) is 4.39 Å². The number of hydrogen-bond acceptors (Lipinski definition) is 2. The Kier molecular flexibility index (Phi) is 4.16. The Labute approximate surface area is 138 Å². The standard InChI is InChI=1S/C19H17FN2O2/c1-13-4-3-5-15(10-13)12-21-8-9-22(19(24)18(21)23)17-11-16(20)7-6-14(17)2/h3-11H,12H2,1-2H3. The summed E-state index contributed by atoms with van der Waals surface area (Å²) >= 11 is 0. The van der Waals surface area contributed by atoms with E-state index in [9.17, 15) is 14.0 Å². The molecule has 24 heavy (non-hydrogen) atoms. The summed E-state index contributed by atoms with van der Waals surface area (Å²) in [7, 11) is 0. The molecule has 0 bridgehead atoms. The molecular weight excluding hydrogens is 307 g/mol. The quantitative estimate of drug-likeness (QED) is 0.695. The largest absolute Gasteiger partial charge is 0.320 e. The summed E-state index contributed by atoms with van der Waals surface area (Å²) in [6.45, 7) is 4.05. The molecule has 5 heteroatoms. The third kappa shape index (κ3) is 3.06. The lowest BCUT2D eigenvalue weighted by Gasteiger charge is -2.11. The lowest BCUT2D eigenvalue weighted by atomic mass is 10.1. The number of nitrogens with zero attached hydrogens (tertiary/aromatic N) is 2. The summed E-state index contributed by atoms with van der Waals surface area (Å²) in [6, 6.07) is 11.9. The van der Waals surface area contributed by atoms with Crippen LogP contribution >= 0.6 is 0 Å². The zero-order valence-corrected chi connectivity index (χ0v) is 13.5. The second-order valence-electron chi connectivity index (χ2n) is 5.83. The van der Waals surface area contributed by atoms with E-state index in [1.807, 2.05) is 31.2 Å². The van der Waals surface area contributed by atoms with Crippen molar-refractivity contribution in [1.82, 2.24) is 9.13 Å². The van der Waals surface area contributed by atoms with Crippen LogP contribution in [0.3, 0.4) is 0 Å². The Morgan fingerprint density at radius 2 is 1.75 bits per heavy atom. The van der Waals surface area contributed by atoms with Crippen molar-refractivity contribution in [2.24, 2.45) is 0 Å². The Hall–Kier alpha value is -2.95. The fourth-order valence-corrected chi connectivity index (χ4v) is 2.67. The van der Waals surface area contributed by atoms with Crippen LogP contribution in [0, 0.1) is 19.7 Å². The molecule has 0 radical (unpaired) electrons. The third-order valence-corrected chi connectivity index (χ3v) is 3.92. The molecule has 3 aromatic rings. The highest BCUT2D eigenvalue weighted by atomic mass is 19.1. The van der Waals surface area contributed by atoms with Crippen molar-refractivity contribution in [3.8, 4) is 5.69 Å². The lowest BCUT2D eigenvalue weighted by Crippen LogP contribution is -2.40. The highest BCUT2D eigenvalue weighted by molar-refractivity contribution is 5.40. The first-order chi connectivity index (χ1) is 11.5. The maximum Gasteiger partial charge on any atom is 0.320 e. The van der Waals surface area contributed by atoms with Gasteiger partial charge in [-0.3, -0.25) is 14.2 Å².